The van der Waals surface area contributed by atoms with Crippen molar-refractivity contribution in [2.24, 2.45) is 7.05 Å². The Balaban J connectivity index is 1.33. The van der Waals surface area contributed by atoms with Gasteiger partial charge in [-0.3, -0.25) is 9.48 Å². The maximum atomic E-state index is 12.8. The van der Waals surface area contributed by atoms with Gasteiger partial charge in [0.2, 0.25) is 0 Å². The van der Waals surface area contributed by atoms with E-state index in [9.17, 15) is 4.79 Å². The molecule has 9 heteroatoms. The molecule has 1 saturated heterocycles. The Morgan fingerprint density at radius 3 is 2.55 bits per heavy atom. The molecule has 1 aliphatic rings. The Morgan fingerprint density at radius 1 is 1.14 bits per heavy atom. The number of aromatic nitrogens is 5. The maximum absolute atomic E-state index is 12.8. The molecule has 0 N–H and O–H groups in total. The van der Waals surface area contributed by atoms with Gasteiger partial charge < -0.3 is 9.64 Å². The van der Waals surface area contributed by atoms with E-state index in [1.807, 2.05) is 30.5 Å². The number of carbonyl (C=O) groups is 1. The first-order valence-electron chi connectivity index (χ1n) is 9.40. The topological polar surface area (TPSA) is 86.0 Å². The smallest absolute Gasteiger partial charge is 0.316 e. The van der Waals surface area contributed by atoms with Crippen molar-refractivity contribution in [1.29, 1.82) is 0 Å². The minimum absolute atomic E-state index is 0.00258. The number of likely N-dealkylation sites (tertiary alicyclic amines) is 1. The first-order valence-corrected chi connectivity index (χ1v) is 10.6. The van der Waals surface area contributed by atoms with Gasteiger partial charge in [-0.2, -0.15) is 5.10 Å². The third-order valence-electron chi connectivity index (χ3n) is 4.86. The summed E-state index contributed by atoms with van der Waals surface area (Å²) in [6.07, 6.45) is 12.3. The van der Waals surface area contributed by atoms with Crippen LogP contribution in [0.1, 0.15) is 23.2 Å². The summed E-state index contributed by atoms with van der Waals surface area (Å²) < 4.78 is 7.67. The molecule has 4 rings (SSSR count). The predicted octanol–water partition coefficient (Wildman–Crippen LogP) is 2.68. The van der Waals surface area contributed by atoms with Crippen LogP contribution in [0.3, 0.4) is 0 Å². The van der Waals surface area contributed by atoms with E-state index in [1.54, 1.807) is 35.5 Å². The van der Waals surface area contributed by atoms with E-state index in [1.165, 1.54) is 11.8 Å². The zero-order valence-electron chi connectivity index (χ0n) is 16.4. The Morgan fingerprint density at radius 2 is 1.90 bits per heavy atom. The lowest BCUT2D eigenvalue weighted by molar-refractivity contribution is 0.0575. The van der Waals surface area contributed by atoms with Gasteiger partial charge in [0.25, 0.3) is 5.91 Å². The van der Waals surface area contributed by atoms with Crippen molar-refractivity contribution in [3.8, 4) is 17.1 Å². The van der Waals surface area contributed by atoms with Gasteiger partial charge in [0, 0.05) is 68.9 Å². The van der Waals surface area contributed by atoms with Crippen LogP contribution in [-0.2, 0) is 7.05 Å². The Kier molecular flexibility index (Phi) is 5.75. The van der Waals surface area contributed by atoms with E-state index in [0.29, 0.717) is 24.7 Å². The summed E-state index contributed by atoms with van der Waals surface area (Å²) in [4.78, 5) is 27.6. The Bertz CT molecular complexity index is 983. The van der Waals surface area contributed by atoms with Crippen LogP contribution in [0.2, 0.25) is 0 Å². The molecule has 150 valence electrons. The fourth-order valence-electron chi connectivity index (χ4n) is 3.31. The normalized spacial score (nSPS) is 14.8. The van der Waals surface area contributed by atoms with Gasteiger partial charge in [0.15, 0.2) is 0 Å². The van der Waals surface area contributed by atoms with Crippen LogP contribution < -0.4 is 4.74 Å². The maximum Gasteiger partial charge on any atom is 0.316 e. The third-order valence-corrected chi connectivity index (χ3v) is 5.57. The van der Waals surface area contributed by atoms with Crippen LogP contribution in [0, 0.1) is 0 Å². The summed E-state index contributed by atoms with van der Waals surface area (Å²) in [6.45, 7) is 1.28. The molecule has 1 fully saturated rings. The van der Waals surface area contributed by atoms with Crippen molar-refractivity contribution < 1.29 is 9.53 Å². The van der Waals surface area contributed by atoms with Crippen LogP contribution in [-0.4, -0.2) is 61.0 Å². The molecule has 29 heavy (non-hydrogen) atoms. The van der Waals surface area contributed by atoms with Gasteiger partial charge in [0.05, 0.1) is 11.8 Å². The lowest BCUT2D eigenvalue weighted by Gasteiger charge is -2.31. The third kappa shape index (κ3) is 4.40. The number of aryl methyl sites for hydroxylation is 1. The van der Waals surface area contributed by atoms with Crippen molar-refractivity contribution >= 4 is 17.7 Å². The number of pyridine rings is 1. The molecule has 1 aliphatic heterocycles. The van der Waals surface area contributed by atoms with Crippen molar-refractivity contribution in [3.05, 3.63) is 48.7 Å². The number of ether oxygens (including phenoxy) is 1. The van der Waals surface area contributed by atoms with E-state index >= 15 is 0 Å². The minimum atomic E-state index is -0.00258. The molecule has 8 nitrogen and oxygen atoms in total. The second-order valence-corrected chi connectivity index (χ2v) is 7.62. The number of hydrogen-bond donors (Lipinski definition) is 0. The van der Waals surface area contributed by atoms with E-state index < -0.39 is 0 Å². The molecule has 0 spiro atoms. The summed E-state index contributed by atoms with van der Waals surface area (Å²) in [5, 5.41) is 4.92. The first kappa shape index (κ1) is 19.4. The first-order chi connectivity index (χ1) is 14.1. The van der Waals surface area contributed by atoms with E-state index in [-0.39, 0.29) is 12.0 Å². The van der Waals surface area contributed by atoms with E-state index in [0.717, 1.165) is 29.0 Å². The molecule has 1 amide bonds. The number of thioether (sulfide) groups is 1. The highest BCUT2D eigenvalue weighted by Crippen LogP contribution is 2.23. The molecule has 0 saturated carbocycles. The van der Waals surface area contributed by atoms with Gasteiger partial charge >= 0.3 is 6.01 Å². The molecule has 0 bridgehead atoms. The molecular formula is C20H22N6O2S. The van der Waals surface area contributed by atoms with Crippen molar-refractivity contribution in [1.82, 2.24) is 29.6 Å². The van der Waals surface area contributed by atoms with Gasteiger partial charge in [-0.1, -0.05) is 0 Å². The van der Waals surface area contributed by atoms with E-state index in [2.05, 4.69) is 20.1 Å². The van der Waals surface area contributed by atoms with Gasteiger partial charge in [-0.25, -0.2) is 15.0 Å². The SMILES string of the molecule is CSc1ncccc1C(=O)N1CCC(Oc2ncc(-c3cnn(C)c3)cn2)CC1. The van der Waals surface area contributed by atoms with Crippen LogP contribution >= 0.6 is 11.8 Å². The lowest BCUT2D eigenvalue weighted by atomic mass is 10.1. The largest absolute Gasteiger partial charge is 0.460 e. The highest BCUT2D eigenvalue weighted by Gasteiger charge is 2.26. The minimum Gasteiger partial charge on any atom is -0.460 e. The zero-order valence-corrected chi connectivity index (χ0v) is 17.2. The van der Waals surface area contributed by atoms with Crippen LogP contribution in [0.15, 0.2) is 48.1 Å². The van der Waals surface area contributed by atoms with Gasteiger partial charge in [-0.05, 0) is 18.4 Å². The summed E-state index contributed by atoms with van der Waals surface area (Å²) >= 11 is 1.49. The number of amides is 1. The van der Waals surface area contributed by atoms with Crippen LogP contribution in [0.4, 0.5) is 0 Å². The molecule has 3 aromatic rings. The quantitative estimate of drug-likeness (QED) is 0.598. The highest BCUT2D eigenvalue weighted by atomic mass is 32.2. The van der Waals surface area contributed by atoms with Crippen LogP contribution in [0.5, 0.6) is 6.01 Å². The molecule has 0 aromatic carbocycles. The summed E-state index contributed by atoms with van der Waals surface area (Å²) in [5.41, 5.74) is 2.52. The fraction of sp³-hybridized carbons (Fsp3) is 0.350. The monoisotopic (exact) mass is 410 g/mol. The van der Waals surface area contributed by atoms with Crippen molar-refractivity contribution in [2.45, 2.75) is 24.0 Å². The number of rotatable bonds is 5. The van der Waals surface area contributed by atoms with Gasteiger partial charge in [0.1, 0.15) is 11.1 Å². The molecule has 0 atom stereocenters. The van der Waals surface area contributed by atoms with Crippen molar-refractivity contribution in [3.63, 3.8) is 0 Å². The number of piperidine rings is 1. The molecule has 0 aliphatic carbocycles. The molecule has 4 heterocycles. The predicted molar refractivity (Wildman–Crippen MR) is 110 cm³/mol. The molecular weight excluding hydrogens is 388 g/mol. The van der Waals surface area contributed by atoms with Gasteiger partial charge in [-0.15, -0.1) is 11.8 Å². The molecule has 0 radical (unpaired) electrons. The zero-order chi connectivity index (χ0) is 20.2. The average Bonchev–Trinajstić information content (AvgIpc) is 3.20. The van der Waals surface area contributed by atoms with Crippen molar-refractivity contribution in [2.75, 3.05) is 19.3 Å². The fourth-order valence-corrected chi connectivity index (χ4v) is 3.85. The number of hydrogen-bond acceptors (Lipinski definition) is 7. The van der Waals surface area contributed by atoms with Crippen LogP contribution in [0.25, 0.3) is 11.1 Å². The number of nitrogens with zero attached hydrogens (tertiary/aromatic N) is 6. The summed E-state index contributed by atoms with van der Waals surface area (Å²) in [6, 6.07) is 4.00. The second-order valence-electron chi connectivity index (χ2n) is 6.83. The van der Waals surface area contributed by atoms with E-state index in [4.69, 9.17) is 4.74 Å². The molecule has 3 aromatic heterocycles. The summed E-state index contributed by atoms with van der Waals surface area (Å²) in [5.74, 6) is 0.0259. The Labute approximate surface area is 173 Å². The number of carbonyl (C=O) groups excluding carboxylic acids is 1. The highest BCUT2D eigenvalue weighted by molar-refractivity contribution is 7.98. The molecule has 0 unspecified atom stereocenters. The lowest BCUT2D eigenvalue weighted by Crippen LogP contribution is -2.42. The summed E-state index contributed by atoms with van der Waals surface area (Å²) in [7, 11) is 1.87. The average molecular weight is 411 g/mol. The standard InChI is InChI=1S/C20H22N6O2S/c1-25-13-15(12-24-25)14-10-22-20(23-11-14)28-16-5-8-26(9-6-16)19(27)17-4-3-7-21-18(17)29-2/h3-4,7,10-13,16H,5-6,8-9H2,1-2H3. The second kappa shape index (κ2) is 8.60. The Hall–Kier alpha value is -2.94.